The van der Waals surface area contributed by atoms with Gasteiger partial charge in [-0.25, -0.2) is 0 Å². The number of hydrogen-bond donors (Lipinski definition) is 1. The zero-order valence-electron chi connectivity index (χ0n) is 19.1. The van der Waals surface area contributed by atoms with Gasteiger partial charge < -0.3 is 14.7 Å². The van der Waals surface area contributed by atoms with Gasteiger partial charge in [-0.15, -0.1) is 0 Å². The number of carboxylic acid groups (broad SMARTS) is 1. The second-order valence-electron chi connectivity index (χ2n) is 9.51. The maximum atomic E-state index is 12.0. The van der Waals surface area contributed by atoms with E-state index in [1.807, 2.05) is 0 Å². The Morgan fingerprint density at radius 3 is 2.42 bits per heavy atom. The second kappa shape index (κ2) is 11.0. The Bertz CT molecular complexity index is 722. The first-order valence-corrected chi connectivity index (χ1v) is 11.8. The van der Waals surface area contributed by atoms with Crippen molar-refractivity contribution in [1.29, 1.82) is 0 Å². The average Bonchev–Trinajstić information content (AvgIpc) is 3.07. The average molecular weight is 431 g/mol. The van der Waals surface area contributed by atoms with Crippen molar-refractivity contribution in [2.45, 2.75) is 70.8 Å². The van der Waals surface area contributed by atoms with E-state index in [0.29, 0.717) is 12.3 Å². The molecule has 6 nitrogen and oxygen atoms in total. The van der Waals surface area contributed by atoms with Gasteiger partial charge in [-0.3, -0.25) is 14.5 Å². The molecule has 0 radical (unpaired) electrons. The zero-order chi connectivity index (χ0) is 22.3. The van der Waals surface area contributed by atoms with Crippen molar-refractivity contribution >= 4 is 18.1 Å². The molecule has 0 bridgehead atoms. The molecule has 3 aliphatic rings. The third kappa shape index (κ3) is 5.79. The van der Waals surface area contributed by atoms with Crippen LogP contribution < -0.4 is 4.90 Å². The predicted octanol–water partition coefficient (Wildman–Crippen LogP) is 4.29. The molecule has 0 amide bonds. The third-order valence-electron chi connectivity index (χ3n) is 7.28. The summed E-state index contributed by atoms with van der Waals surface area (Å²) in [4.78, 5) is 25.5. The number of piperazine rings is 1. The topological polar surface area (TPSA) is 70.1 Å². The lowest BCUT2D eigenvalue weighted by Gasteiger charge is -2.39. The molecule has 6 heteroatoms. The van der Waals surface area contributed by atoms with E-state index in [0.717, 1.165) is 39.1 Å². The summed E-state index contributed by atoms with van der Waals surface area (Å²) >= 11 is 0. The molecule has 1 spiro atoms. The summed E-state index contributed by atoms with van der Waals surface area (Å²) in [6, 6.07) is 8.85. The van der Waals surface area contributed by atoms with E-state index in [1.54, 1.807) is 0 Å². The van der Waals surface area contributed by atoms with Gasteiger partial charge in [-0.1, -0.05) is 51.3 Å². The van der Waals surface area contributed by atoms with Crippen LogP contribution in [0.3, 0.4) is 0 Å². The number of cyclic esters (lactones) is 1. The number of para-hydroxylation sites is 1. The number of benzene rings is 1. The maximum absolute atomic E-state index is 12.0. The van der Waals surface area contributed by atoms with Crippen LogP contribution in [0, 0.1) is 5.41 Å². The Hall–Kier alpha value is -2.08. The van der Waals surface area contributed by atoms with Gasteiger partial charge in [0.25, 0.3) is 6.47 Å². The van der Waals surface area contributed by atoms with E-state index in [-0.39, 0.29) is 24.0 Å². The predicted molar refractivity (Wildman–Crippen MR) is 123 cm³/mol. The van der Waals surface area contributed by atoms with Gasteiger partial charge in [0.05, 0.1) is 6.42 Å². The molecular weight excluding hydrogens is 392 g/mol. The Morgan fingerprint density at radius 1 is 1.13 bits per heavy atom. The molecule has 1 unspecified atom stereocenters. The summed E-state index contributed by atoms with van der Waals surface area (Å²) in [5.41, 5.74) is 3.02. The Balaban J connectivity index is 0.000000858. The minimum atomic E-state index is -0.250. The van der Waals surface area contributed by atoms with Crippen LogP contribution in [-0.2, 0) is 14.3 Å². The standard InChI is InChI=1S/C24H36N2O2.CH2O2/c1-19(2)20-8-4-5-9-21(20)26-16-14-25(15-17-26)13-10-22-24(18-23(27)28-22)11-6-3-7-12-24;2-1-3/h4-5,8-9,19,22H,3,6-7,10-18H2,1-2H3;1H,(H,2,3). The van der Waals surface area contributed by atoms with Crippen LogP contribution in [-0.4, -0.2) is 61.3 Å². The lowest BCUT2D eigenvalue weighted by atomic mass is 9.68. The first kappa shape index (κ1) is 23.6. The molecule has 31 heavy (non-hydrogen) atoms. The summed E-state index contributed by atoms with van der Waals surface area (Å²) in [7, 11) is 0. The summed E-state index contributed by atoms with van der Waals surface area (Å²) in [6.07, 6.45) is 8.04. The minimum absolute atomic E-state index is 0.0435. The van der Waals surface area contributed by atoms with Crippen LogP contribution >= 0.6 is 0 Å². The van der Waals surface area contributed by atoms with Crippen molar-refractivity contribution in [3.05, 3.63) is 29.8 Å². The molecule has 2 heterocycles. The number of ether oxygens (including phenoxy) is 1. The van der Waals surface area contributed by atoms with Crippen LogP contribution in [0.5, 0.6) is 0 Å². The van der Waals surface area contributed by atoms with Crippen LogP contribution in [0.15, 0.2) is 24.3 Å². The molecule has 1 aromatic carbocycles. The number of anilines is 1. The van der Waals surface area contributed by atoms with Gasteiger partial charge in [-0.2, -0.15) is 0 Å². The third-order valence-corrected chi connectivity index (χ3v) is 7.28. The van der Waals surface area contributed by atoms with Crippen LogP contribution in [0.4, 0.5) is 5.69 Å². The molecule has 1 aromatic rings. The summed E-state index contributed by atoms with van der Waals surface area (Å²) in [6.45, 7) is 9.72. The first-order chi connectivity index (χ1) is 15.0. The van der Waals surface area contributed by atoms with E-state index in [1.165, 1.54) is 43.4 Å². The van der Waals surface area contributed by atoms with E-state index in [4.69, 9.17) is 14.6 Å². The lowest BCUT2D eigenvalue weighted by molar-refractivity contribution is -0.142. The van der Waals surface area contributed by atoms with Crippen molar-refractivity contribution in [2.24, 2.45) is 5.41 Å². The fourth-order valence-electron chi connectivity index (χ4n) is 5.62. The van der Waals surface area contributed by atoms with E-state index >= 15 is 0 Å². The highest BCUT2D eigenvalue weighted by Crippen LogP contribution is 2.48. The van der Waals surface area contributed by atoms with Crippen LogP contribution in [0.1, 0.15) is 70.3 Å². The molecule has 4 rings (SSSR count). The highest BCUT2D eigenvalue weighted by atomic mass is 16.6. The lowest BCUT2D eigenvalue weighted by Crippen LogP contribution is -2.48. The normalized spacial score (nSPS) is 23.4. The Morgan fingerprint density at radius 2 is 1.77 bits per heavy atom. The highest BCUT2D eigenvalue weighted by molar-refractivity contribution is 5.73. The molecular formula is C25H38N2O4. The van der Waals surface area contributed by atoms with Gasteiger partial charge in [0.2, 0.25) is 0 Å². The van der Waals surface area contributed by atoms with Gasteiger partial charge in [-0.05, 0) is 36.8 Å². The Kier molecular flexibility index (Phi) is 8.35. The van der Waals surface area contributed by atoms with Gasteiger partial charge in [0, 0.05) is 43.8 Å². The van der Waals surface area contributed by atoms with E-state index in [9.17, 15) is 4.79 Å². The molecule has 1 saturated carbocycles. The number of esters is 1. The molecule has 3 fully saturated rings. The van der Waals surface area contributed by atoms with Crippen molar-refractivity contribution in [3.63, 3.8) is 0 Å². The zero-order valence-corrected chi connectivity index (χ0v) is 19.1. The SMILES string of the molecule is CC(C)c1ccccc1N1CCN(CCC2OC(=O)CC23CCCCC3)CC1.O=CO. The minimum Gasteiger partial charge on any atom is -0.483 e. The molecule has 1 atom stereocenters. The molecule has 172 valence electrons. The molecule has 1 aliphatic carbocycles. The smallest absolute Gasteiger partial charge is 0.306 e. The first-order valence-electron chi connectivity index (χ1n) is 11.8. The summed E-state index contributed by atoms with van der Waals surface area (Å²) < 4.78 is 5.80. The monoisotopic (exact) mass is 430 g/mol. The number of carbonyl (C=O) groups excluding carboxylic acids is 1. The quantitative estimate of drug-likeness (QED) is 0.555. The molecule has 2 saturated heterocycles. The fourth-order valence-corrected chi connectivity index (χ4v) is 5.62. The summed E-state index contributed by atoms with van der Waals surface area (Å²) in [5, 5.41) is 6.89. The highest BCUT2D eigenvalue weighted by Gasteiger charge is 2.48. The molecule has 1 N–H and O–H groups in total. The summed E-state index contributed by atoms with van der Waals surface area (Å²) in [5.74, 6) is 0.597. The van der Waals surface area contributed by atoms with E-state index in [2.05, 4.69) is 47.9 Å². The number of nitrogens with zero attached hydrogens (tertiary/aromatic N) is 2. The number of carbonyl (C=O) groups is 2. The number of hydrogen-bond acceptors (Lipinski definition) is 5. The van der Waals surface area contributed by atoms with Crippen molar-refractivity contribution < 1.29 is 19.4 Å². The van der Waals surface area contributed by atoms with Crippen molar-refractivity contribution in [2.75, 3.05) is 37.6 Å². The van der Waals surface area contributed by atoms with Gasteiger partial charge in [0.15, 0.2) is 0 Å². The van der Waals surface area contributed by atoms with Gasteiger partial charge >= 0.3 is 5.97 Å². The van der Waals surface area contributed by atoms with E-state index < -0.39 is 0 Å². The van der Waals surface area contributed by atoms with Crippen molar-refractivity contribution in [3.8, 4) is 0 Å². The Labute approximate surface area is 186 Å². The molecule has 2 aliphatic heterocycles. The van der Waals surface area contributed by atoms with Crippen LogP contribution in [0.25, 0.3) is 0 Å². The van der Waals surface area contributed by atoms with Crippen molar-refractivity contribution in [1.82, 2.24) is 4.90 Å². The van der Waals surface area contributed by atoms with Crippen LogP contribution in [0.2, 0.25) is 0 Å². The molecule has 0 aromatic heterocycles. The maximum Gasteiger partial charge on any atom is 0.306 e. The second-order valence-corrected chi connectivity index (χ2v) is 9.51. The van der Waals surface area contributed by atoms with Gasteiger partial charge in [0.1, 0.15) is 6.10 Å². The number of rotatable bonds is 5. The fraction of sp³-hybridized carbons (Fsp3) is 0.680. The largest absolute Gasteiger partial charge is 0.483 e.